The minimum atomic E-state index is -4.14. The fourth-order valence-electron chi connectivity index (χ4n) is 1.78. The molecule has 0 aliphatic heterocycles. The second kappa shape index (κ2) is 4.66. The van der Waals surface area contributed by atoms with Crippen molar-refractivity contribution in [3.63, 3.8) is 0 Å². The SMILES string of the molecule is NC(CCC(F)(F)F)c1cccc2ccsc12. The Labute approximate surface area is 101 Å². The van der Waals surface area contributed by atoms with Crippen molar-refractivity contribution >= 4 is 21.4 Å². The first-order valence-electron chi connectivity index (χ1n) is 5.26. The van der Waals surface area contributed by atoms with Crippen LogP contribution < -0.4 is 5.73 Å². The molecule has 5 heteroatoms. The predicted molar refractivity (Wildman–Crippen MR) is 64.0 cm³/mol. The fourth-order valence-corrected chi connectivity index (χ4v) is 2.76. The highest BCUT2D eigenvalue weighted by molar-refractivity contribution is 7.17. The Balaban J connectivity index is 2.19. The minimum Gasteiger partial charge on any atom is -0.324 e. The molecule has 1 heterocycles. The Morgan fingerprint density at radius 3 is 2.71 bits per heavy atom. The van der Waals surface area contributed by atoms with Crippen molar-refractivity contribution in [2.24, 2.45) is 5.73 Å². The van der Waals surface area contributed by atoms with Crippen LogP contribution in [0.4, 0.5) is 13.2 Å². The highest BCUT2D eigenvalue weighted by Gasteiger charge is 2.28. The molecule has 1 aromatic heterocycles. The zero-order valence-corrected chi connectivity index (χ0v) is 9.81. The topological polar surface area (TPSA) is 26.0 Å². The third kappa shape index (κ3) is 2.98. The molecule has 0 aliphatic rings. The van der Waals surface area contributed by atoms with E-state index in [-0.39, 0.29) is 6.42 Å². The lowest BCUT2D eigenvalue weighted by atomic mass is 10.0. The number of fused-ring (bicyclic) bond motifs is 1. The first-order valence-corrected chi connectivity index (χ1v) is 6.14. The molecule has 2 rings (SSSR count). The summed E-state index contributed by atoms with van der Waals surface area (Å²) in [5, 5.41) is 2.96. The molecule has 1 aromatic carbocycles. The summed E-state index contributed by atoms with van der Waals surface area (Å²) in [5.74, 6) is 0. The molecule has 0 spiro atoms. The molecule has 1 nitrogen and oxygen atoms in total. The van der Waals surface area contributed by atoms with Crippen molar-refractivity contribution in [3.8, 4) is 0 Å². The van der Waals surface area contributed by atoms with Crippen LogP contribution in [0.2, 0.25) is 0 Å². The van der Waals surface area contributed by atoms with Crippen molar-refractivity contribution in [1.29, 1.82) is 0 Å². The number of benzene rings is 1. The molecule has 0 amide bonds. The number of rotatable bonds is 3. The van der Waals surface area contributed by atoms with Crippen LogP contribution >= 0.6 is 11.3 Å². The zero-order chi connectivity index (χ0) is 12.5. The Hall–Kier alpha value is -1.07. The molecule has 92 valence electrons. The monoisotopic (exact) mass is 259 g/mol. The van der Waals surface area contributed by atoms with E-state index >= 15 is 0 Å². The average molecular weight is 259 g/mol. The van der Waals surface area contributed by atoms with Gasteiger partial charge < -0.3 is 5.73 Å². The van der Waals surface area contributed by atoms with Crippen molar-refractivity contribution in [2.75, 3.05) is 0 Å². The van der Waals surface area contributed by atoms with Crippen molar-refractivity contribution in [3.05, 3.63) is 35.2 Å². The van der Waals surface area contributed by atoms with Gasteiger partial charge in [-0.2, -0.15) is 13.2 Å². The number of nitrogens with two attached hydrogens (primary N) is 1. The van der Waals surface area contributed by atoms with Gasteiger partial charge in [0.05, 0.1) is 0 Å². The highest BCUT2D eigenvalue weighted by atomic mass is 32.1. The van der Waals surface area contributed by atoms with Crippen LogP contribution in [0.15, 0.2) is 29.6 Å². The summed E-state index contributed by atoms with van der Waals surface area (Å²) in [4.78, 5) is 0. The van der Waals surface area contributed by atoms with Gasteiger partial charge in [0, 0.05) is 17.2 Å². The van der Waals surface area contributed by atoms with Gasteiger partial charge >= 0.3 is 6.18 Å². The maximum atomic E-state index is 12.1. The van der Waals surface area contributed by atoms with E-state index in [1.807, 2.05) is 23.6 Å². The number of alkyl halides is 3. The normalized spacial score (nSPS) is 14.1. The van der Waals surface area contributed by atoms with Gasteiger partial charge in [-0.3, -0.25) is 0 Å². The van der Waals surface area contributed by atoms with E-state index in [4.69, 9.17) is 5.73 Å². The van der Waals surface area contributed by atoms with E-state index in [1.54, 1.807) is 6.07 Å². The summed E-state index contributed by atoms with van der Waals surface area (Å²) in [6.45, 7) is 0. The van der Waals surface area contributed by atoms with Crippen LogP contribution in [0, 0.1) is 0 Å². The second-order valence-corrected chi connectivity index (χ2v) is 4.86. The molecule has 17 heavy (non-hydrogen) atoms. The molecule has 0 bridgehead atoms. The van der Waals surface area contributed by atoms with E-state index < -0.39 is 18.6 Å². The van der Waals surface area contributed by atoms with Gasteiger partial charge in [0.2, 0.25) is 0 Å². The van der Waals surface area contributed by atoms with E-state index in [1.165, 1.54) is 11.3 Å². The Morgan fingerprint density at radius 2 is 2.00 bits per heavy atom. The molecule has 0 radical (unpaired) electrons. The van der Waals surface area contributed by atoms with Crippen LogP contribution in [0.5, 0.6) is 0 Å². The fraction of sp³-hybridized carbons (Fsp3) is 0.333. The predicted octanol–water partition coefficient (Wildman–Crippen LogP) is 4.24. The van der Waals surface area contributed by atoms with Crippen LogP contribution in [0.25, 0.3) is 10.1 Å². The third-order valence-electron chi connectivity index (χ3n) is 2.65. The Bertz CT molecular complexity index is 504. The quantitative estimate of drug-likeness (QED) is 0.876. The summed E-state index contributed by atoms with van der Waals surface area (Å²) >= 11 is 1.51. The third-order valence-corrected chi connectivity index (χ3v) is 3.63. The van der Waals surface area contributed by atoms with Gasteiger partial charge in [-0.25, -0.2) is 0 Å². The Morgan fingerprint density at radius 1 is 1.24 bits per heavy atom. The van der Waals surface area contributed by atoms with Crippen LogP contribution in [-0.4, -0.2) is 6.18 Å². The maximum Gasteiger partial charge on any atom is 0.389 e. The first-order chi connectivity index (χ1) is 7.97. The molecular formula is C12H12F3NS. The summed E-state index contributed by atoms with van der Waals surface area (Å²) in [6.07, 6.45) is -5.04. The largest absolute Gasteiger partial charge is 0.389 e. The van der Waals surface area contributed by atoms with E-state index in [0.717, 1.165) is 15.6 Å². The molecule has 2 N–H and O–H groups in total. The second-order valence-electron chi connectivity index (χ2n) is 3.95. The van der Waals surface area contributed by atoms with Gasteiger partial charge in [-0.15, -0.1) is 11.3 Å². The van der Waals surface area contributed by atoms with Crippen molar-refractivity contribution in [1.82, 2.24) is 0 Å². The van der Waals surface area contributed by atoms with Gasteiger partial charge in [-0.05, 0) is 28.8 Å². The lowest BCUT2D eigenvalue weighted by molar-refractivity contribution is -0.136. The molecule has 1 atom stereocenters. The van der Waals surface area contributed by atoms with Gasteiger partial charge in [-0.1, -0.05) is 18.2 Å². The molecule has 0 saturated heterocycles. The average Bonchev–Trinajstić information content (AvgIpc) is 2.72. The van der Waals surface area contributed by atoms with E-state index in [9.17, 15) is 13.2 Å². The number of halogens is 3. The number of hydrogen-bond donors (Lipinski definition) is 1. The number of thiophene rings is 1. The van der Waals surface area contributed by atoms with E-state index in [0.29, 0.717) is 0 Å². The standard InChI is InChI=1S/C12H12F3NS/c13-12(14,15)6-4-10(16)9-3-1-2-8-5-7-17-11(8)9/h1-3,5,7,10H,4,6,16H2. The summed E-state index contributed by atoms with van der Waals surface area (Å²) in [5.41, 5.74) is 6.64. The van der Waals surface area contributed by atoms with Gasteiger partial charge in [0.1, 0.15) is 0 Å². The lowest BCUT2D eigenvalue weighted by Crippen LogP contribution is -2.15. The van der Waals surface area contributed by atoms with Crippen molar-refractivity contribution < 1.29 is 13.2 Å². The molecule has 0 saturated carbocycles. The van der Waals surface area contributed by atoms with E-state index in [2.05, 4.69) is 0 Å². The lowest BCUT2D eigenvalue weighted by Gasteiger charge is -2.14. The first kappa shape index (κ1) is 12.4. The smallest absolute Gasteiger partial charge is 0.324 e. The molecule has 0 aliphatic carbocycles. The van der Waals surface area contributed by atoms with Crippen LogP contribution in [0.1, 0.15) is 24.4 Å². The molecular weight excluding hydrogens is 247 g/mol. The number of hydrogen-bond acceptors (Lipinski definition) is 2. The molecule has 2 aromatic rings. The summed E-state index contributed by atoms with van der Waals surface area (Å²) < 4.78 is 37.4. The highest BCUT2D eigenvalue weighted by Crippen LogP contribution is 2.32. The summed E-state index contributed by atoms with van der Waals surface area (Å²) in [7, 11) is 0. The van der Waals surface area contributed by atoms with Crippen LogP contribution in [-0.2, 0) is 0 Å². The minimum absolute atomic E-state index is 0.0689. The van der Waals surface area contributed by atoms with Crippen molar-refractivity contribution in [2.45, 2.75) is 25.1 Å². The zero-order valence-electron chi connectivity index (χ0n) is 9.00. The Kier molecular flexibility index (Phi) is 3.40. The van der Waals surface area contributed by atoms with Gasteiger partial charge in [0.15, 0.2) is 0 Å². The maximum absolute atomic E-state index is 12.1. The van der Waals surface area contributed by atoms with Crippen LogP contribution in [0.3, 0.4) is 0 Å². The molecule has 1 unspecified atom stereocenters. The van der Waals surface area contributed by atoms with Gasteiger partial charge in [0.25, 0.3) is 0 Å². The molecule has 0 fully saturated rings. The summed E-state index contributed by atoms with van der Waals surface area (Å²) in [6, 6.07) is 6.96.